The summed E-state index contributed by atoms with van der Waals surface area (Å²) in [5.41, 5.74) is 0.103. The van der Waals surface area contributed by atoms with Crippen molar-refractivity contribution in [2.75, 3.05) is 0 Å². The first-order valence-electron chi connectivity index (χ1n) is 6.23. The number of amides is 1. The van der Waals surface area contributed by atoms with E-state index in [0.29, 0.717) is 5.92 Å². The topological polar surface area (TPSA) is 69.6 Å². The fourth-order valence-electron chi connectivity index (χ4n) is 1.67. The van der Waals surface area contributed by atoms with E-state index in [4.69, 9.17) is 0 Å². The van der Waals surface area contributed by atoms with Crippen molar-refractivity contribution in [3.05, 3.63) is 23.8 Å². The van der Waals surface area contributed by atoms with Gasteiger partial charge in [-0.25, -0.2) is 0 Å². The van der Waals surface area contributed by atoms with Crippen LogP contribution in [0.3, 0.4) is 0 Å². The van der Waals surface area contributed by atoms with Crippen molar-refractivity contribution in [3.8, 4) is 11.5 Å². The summed E-state index contributed by atoms with van der Waals surface area (Å²) in [6, 6.07) is 4.40. The lowest BCUT2D eigenvalue weighted by Crippen LogP contribution is -2.32. The molecule has 4 heteroatoms. The second kappa shape index (κ2) is 6.28. The van der Waals surface area contributed by atoms with Crippen LogP contribution < -0.4 is 5.32 Å². The maximum Gasteiger partial charge on any atom is 0.255 e. The fraction of sp³-hybridized carbons (Fsp3) is 0.500. The molecule has 0 aromatic heterocycles. The Morgan fingerprint density at radius 2 is 1.89 bits per heavy atom. The lowest BCUT2D eigenvalue weighted by molar-refractivity contribution is 0.0934. The number of benzene rings is 1. The highest BCUT2D eigenvalue weighted by Crippen LogP contribution is 2.28. The number of phenolic OH excluding ortho intramolecular Hbond substituents is 2. The Morgan fingerprint density at radius 1 is 1.22 bits per heavy atom. The van der Waals surface area contributed by atoms with Crippen molar-refractivity contribution in [1.82, 2.24) is 5.32 Å². The minimum atomic E-state index is -0.369. The highest BCUT2D eigenvalue weighted by Gasteiger charge is 2.15. The van der Waals surface area contributed by atoms with Gasteiger partial charge in [-0.05, 0) is 37.8 Å². The van der Waals surface area contributed by atoms with E-state index in [2.05, 4.69) is 19.2 Å². The van der Waals surface area contributed by atoms with Crippen LogP contribution in [0.1, 0.15) is 44.0 Å². The number of hydrogen-bond donors (Lipinski definition) is 3. The summed E-state index contributed by atoms with van der Waals surface area (Å²) < 4.78 is 0. The molecule has 1 aromatic carbocycles. The van der Waals surface area contributed by atoms with Gasteiger partial charge in [0.15, 0.2) is 11.5 Å². The Kier molecular flexibility index (Phi) is 5.01. The van der Waals surface area contributed by atoms with E-state index in [1.165, 1.54) is 18.2 Å². The van der Waals surface area contributed by atoms with E-state index in [9.17, 15) is 15.0 Å². The van der Waals surface area contributed by atoms with Gasteiger partial charge >= 0.3 is 0 Å². The van der Waals surface area contributed by atoms with Gasteiger partial charge in [0.1, 0.15) is 0 Å². The largest absolute Gasteiger partial charge is 0.504 e. The Hall–Kier alpha value is -1.71. The van der Waals surface area contributed by atoms with Crippen LogP contribution in [0, 0.1) is 5.92 Å². The minimum Gasteiger partial charge on any atom is -0.504 e. The van der Waals surface area contributed by atoms with Crippen LogP contribution >= 0.6 is 0 Å². The third-order valence-corrected chi connectivity index (χ3v) is 2.81. The Balaban J connectivity index is 2.62. The van der Waals surface area contributed by atoms with Gasteiger partial charge in [-0.15, -0.1) is 0 Å². The lowest BCUT2D eigenvalue weighted by atomic mass is 10.0. The predicted molar refractivity (Wildman–Crippen MR) is 70.8 cm³/mol. The quantitative estimate of drug-likeness (QED) is 0.705. The molecule has 1 atom stereocenters. The minimum absolute atomic E-state index is 0.0432. The summed E-state index contributed by atoms with van der Waals surface area (Å²) in [5.74, 6) is -0.415. The molecule has 1 unspecified atom stereocenters. The molecule has 18 heavy (non-hydrogen) atoms. The van der Waals surface area contributed by atoms with E-state index in [1.54, 1.807) is 0 Å². The van der Waals surface area contributed by atoms with Crippen molar-refractivity contribution in [2.24, 2.45) is 5.92 Å². The molecule has 0 aliphatic rings. The van der Waals surface area contributed by atoms with Gasteiger partial charge in [0.2, 0.25) is 0 Å². The van der Waals surface area contributed by atoms with Crippen LogP contribution in [-0.4, -0.2) is 22.2 Å². The monoisotopic (exact) mass is 251 g/mol. The zero-order chi connectivity index (χ0) is 13.7. The Morgan fingerprint density at radius 3 is 2.50 bits per heavy atom. The molecule has 1 rings (SSSR count). The Labute approximate surface area is 108 Å². The highest BCUT2D eigenvalue weighted by atomic mass is 16.3. The van der Waals surface area contributed by atoms with Crippen molar-refractivity contribution < 1.29 is 15.0 Å². The number of para-hydroxylation sites is 1. The Bertz CT molecular complexity index is 416. The molecule has 1 aromatic rings. The van der Waals surface area contributed by atoms with Crippen LogP contribution in [0.25, 0.3) is 0 Å². The van der Waals surface area contributed by atoms with E-state index >= 15 is 0 Å². The molecule has 0 bridgehead atoms. The number of nitrogens with one attached hydrogen (secondary N) is 1. The second-order valence-electron chi connectivity index (χ2n) is 5.02. The first-order chi connectivity index (χ1) is 8.41. The first kappa shape index (κ1) is 14.4. The van der Waals surface area contributed by atoms with Crippen LogP contribution in [0.15, 0.2) is 18.2 Å². The van der Waals surface area contributed by atoms with Gasteiger partial charge in [-0.2, -0.15) is 0 Å². The van der Waals surface area contributed by atoms with Crippen molar-refractivity contribution in [1.29, 1.82) is 0 Å². The zero-order valence-corrected chi connectivity index (χ0v) is 11.1. The van der Waals surface area contributed by atoms with E-state index in [0.717, 1.165) is 12.8 Å². The third-order valence-electron chi connectivity index (χ3n) is 2.81. The maximum absolute atomic E-state index is 11.9. The normalized spacial score (nSPS) is 12.4. The summed E-state index contributed by atoms with van der Waals surface area (Å²) >= 11 is 0. The van der Waals surface area contributed by atoms with Crippen LogP contribution in [0.5, 0.6) is 11.5 Å². The number of hydrogen-bond acceptors (Lipinski definition) is 3. The molecule has 0 aliphatic carbocycles. The standard InChI is InChI=1S/C14H21NO3/c1-9(2)7-8-10(3)15-14(18)11-5-4-6-12(16)13(11)17/h4-6,9-10,16-17H,7-8H2,1-3H3,(H,15,18). The van der Waals surface area contributed by atoms with Gasteiger partial charge in [0.25, 0.3) is 5.91 Å². The molecule has 0 saturated heterocycles. The molecule has 0 spiro atoms. The van der Waals surface area contributed by atoms with Crippen molar-refractivity contribution >= 4 is 5.91 Å². The average molecular weight is 251 g/mol. The maximum atomic E-state index is 11.9. The molecule has 1 amide bonds. The van der Waals surface area contributed by atoms with E-state index in [-0.39, 0.29) is 29.0 Å². The highest BCUT2D eigenvalue weighted by molar-refractivity contribution is 5.97. The van der Waals surface area contributed by atoms with Crippen LogP contribution in [-0.2, 0) is 0 Å². The fourth-order valence-corrected chi connectivity index (χ4v) is 1.67. The molecule has 0 saturated carbocycles. The number of carbonyl (C=O) groups excluding carboxylic acids is 1. The molecular weight excluding hydrogens is 230 g/mol. The molecular formula is C14H21NO3. The summed E-state index contributed by atoms with van der Waals surface area (Å²) in [5, 5.41) is 21.7. The van der Waals surface area contributed by atoms with Gasteiger partial charge < -0.3 is 15.5 Å². The second-order valence-corrected chi connectivity index (χ2v) is 5.02. The number of carbonyl (C=O) groups is 1. The van der Waals surface area contributed by atoms with Gasteiger partial charge in [0.05, 0.1) is 5.56 Å². The van der Waals surface area contributed by atoms with Crippen LogP contribution in [0.4, 0.5) is 0 Å². The molecule has 0 heterocycles. The SMILES string of the molecule is CC(C)CCC(C)NC(=O)c1cccc(O)c1O. The summed E-state index contributed by atoms with van der Waals surface area (Å²) in [4.78, 5) is 11.9. The van der Waals surface area contributed by atoms with E-state index in [1.807, 2.05) is 6.92 Å². The predicted octanol–water partition coefficient (Wildman–Crippen LogP) is 2.65. The van der Waals surface area contributed by atoms with Crippen molar-refractivity contribution in [3.63, 3.8) is 0 Å². The molecule has 0 aliphatic heterocycles. The average Bonchev–Trinajstić information content (AvgIpc) is 2.30. The summed E-state index contributed by atoms with van der Waals surface area (Å²) in [6.07, 6.45) is 1.93. The number of aromatic hydroxyl groups is 2. The summed E-state index contributed by atoms with van der Waals surface area (Å²) in [7, 11) is 0. The molecule has 100 valence electrons. The van der Waals surface area contributed by atoms with Gasteiger partial charge in [0, 0.05) is 6.04 Å². The smallest absolute Gasteiger partial charge is 0.255 e. The lowest BCUT2D eigenvalue weighted by Gasteiger charge is -2.15. The number of phenols is 2. The molecule has 4 nitrogen and oxygen atoms in total. The van der Waals surface area contributed by atoms with Gasteiger partial charge in [-0.3, -0.25) is 4.79 Å². The summed E-state index contributed by atoms with van der Waals surface area (Å²) in [6.45, 7) is 6.20. The first-order valence-corrected chi connectivity index (χ1v) is 6.23. The van der Waals surface area contributed by atoms with Crippen molar-refractivity contribution in [2.45, 2.75) is 39.7 Å². The van der Waals surface area contributed by atoms with Gasteiger partial charge in [-0.1, -0.05) is 19.9 Å². The third kappa shape index (κ3) is 3.95. The molecule has 0 radical (unpaired) electrons. The van der Waals surface area contributed by atoms with Crippen LogP contribution in [0.2, 0.25) is 0 Å². The number of rotatable bonds is 5. The molecule has 0 fully saturated rings. The van der Waals surface area contributed by atoms with E-state index < -0.39 is 0 Å². The molecule has 3 N–H and O–H groups in total. The zero-order valence-electron chi connectivity index (χ0n) is 11.1.